The Kier molecular flexibility index (Phi) is 4.19. The molecule has 7 nitrogen and oxygen atoms in total. The van der Waals surface area contributed by atoms with Gasteiger partial charge in [0.25, 0.3) is 0 Å². The lowest BCUT2D eigenvalue weighted by molar-refractivity contribution is 0.113. The van der Waals surface area contributed by atoms with Gasteiger partial charge < -0.3 is 14.4 Å². The van der Waals surface area contributed by atoms with Gasteiger partial charge in [-0.3, -0.25) is 0 Å². The highest BCUT2D eigenvalue weighted by Gasteiger charge is 2.36. The molecule has 9 heteroatoms. The number of nitrogens with zero attached hydrogens (tertiary/aromatic N) is 5. The summed E-state index contributed by atoms with van der Waals surface area (Å²) in [5.41, 5.74) is 1.51. The first-order valence-electron chi connectivity index (χ1n) is 8.06. The number of rotatable bonds is 4. The van der Waals surface area contributed by atoms with E-state index >= 15 is 0 Å². The van der Waals surface area contributed by atoms with Gasteiger partial charge in [0.05, 0.1) is 18.2 Å². The molecule has 0 aliphatic heterocycles. The molecule has 0 radical (unpaired) electrons. The molecule has 1 saturated carbocycles. The third-order valence-corrected chi connectivity index (χ3v) is 4.23. The number of phenols is 1. The highest BCUT2D eigenvalue weighted by molar-refractivity contribution is 5.67. The quantitative estimate of drug-likeness (QED) is 0.771. The highest BCUT2D eigenvalue weighted by atomic mass is 19.1. The summed E-state index contributed by atoms with van der Waals surface area (Å²) in [5.74, 6) is 0.000791. The largest absolute Gasteiger partial charge is 0.507 e. The molecule has 0 bridgehead atoms. The van der Waals surface area contributed by atoms with E-state index in [1.807, 2.05) is 0 Å². The number of halogens is 2. The fourth-order valence-corrected chi connectivity index (χ4v) is 2.90. The van der Waals surface area contributed by atoms with Gasteiger partial charge >= 0.3 is 6.01 Å². The van der Waals surface area contributed by atoms with Gasteiger partial charge in [-0.2, -0.15) is 0 Å². The van der Waals surface area contributed by atoms with Crippen LogP contribution >= 0.6 is 0 Å². The molecule has 0 spiro atoms. The molecule has 2 aromatic heterocycles. The maximum absolute atomic E-state index is 13.6. The molecule has 134 valence electrons. The Morgan fingerprint density at radius 1 is 1.19 bits per heavy atom. The van der Waals surface area contributed by atoms with Gasteiger partial charge in [0.15, 0.2) is 0 Å². The molecule has 4 rings (SSSR count). The van der Waals surface area contributed by atoms with E-state index in [4.69, 9.17) is 4.74 Å². The second-order valence-corrected chi connectivity index (χ2v) is 6.04. The minimum atomic E-state index is -1.38. The number of hydrogen-bond acceptors (Lipinski definition) is 6. The van der Waals surface area contributed by atoms with Crippen molar-refractivity contribution in [3.63, 3.8) is 0 Å². The minimum Gasteiger partial charge on any atom is -0.507 e. The zero-order chi connectivity index (χ0) is 18.1. The predicted molar refractivity (Wildman–Crippen MR) is 87.5 cm³/mol. The zero-order valence-corrected chi connectivity index (χ0v) is 13.5. The van der Waals surface area contributed by atoms with Crippen molar-refractivity contribution in [2.45, 2.75) is 31.3 Å². The van der Waals surface area contributed by atoms with Crippen LogP contribution in [0.2, 0.25) is 0 Å². The fourth-order valence-electron chi connectivity index (χ4n) is 2.90. The van der Waals surface area contributed by atoms with E-state index in [0.717, 1.165) is 5.69 Å². The Balaban J connectivity index is 1.52. The molecule has 1 aliphatic carbocycles. The first-order chi connectivity index (χ1) is 12.6. The standard InChI is InChI=1S/C17H15F2N5O2/c18-10-5-13(19)16(6-10)26-17-21-8-14(22-23-17)12-2-1-11(7-15(12)25)24-4-3-20-9-24/h1-4,7-10,13,16,25H,5-6H2/t10-,13+,16+/m0/s1. The van der Waals surface area contributed by atoms with Crippen LogP contribution in [-0.4, -0.2) is 48.3 Å². The number of alkyl halides is 2. The molecule has 1 aromatic carbocycles. The van der Waals surface area contributed by atoms with Gasteiger partial charge in [0.2, 0.25) is 0 Å². The van der Waals surface area contributed by atoms with Crippen molar-refractivity contribution in [2.24, 2.45) is 0 Å². The van der Waals surface area contributed by atoms with Gasteiger partial charge in [-0.05, 0) is 12.1 Å². The van der Waals surface area contributed by atoms with E-state index in [-0.39, 0.29) is 24.6 Å². The normalized spacial score (nSPS) is 22.5. The van der Waals surface area contributed by atoms with Crippen molar-refractivity contribution in [1.82, 2.24) is 24.7 Å². The average molecular weight is 359 g/mol. The lowest BCUT2D eigenvalue weighted by Crippen LogP contribution is -2.23. The van der Waals surface area contributed by atoms with Gasteiger partial charge in [-0.15, -0.1) is 5.10 Å². The van der Waals surface area contributed by atoms with Crippen LogP contribution in [0.5, 0.6) is 11.8 Å². The maximum atomic E-state index is 13.6. The molecule has 1 aliphatic rings. The van der Waals surface area contributed by atoms with E-state index in [2.05, 4.69) is 20.2 Å². The number of aromatic nitrogens is 5. The summed E-state index contributed by atoms with van der Waals surface area (Å²) >= 11 is 0. The predicted octanol–water partition coefficient (Wildman–Crippen LogP) is 2.65. The number of aromatic hydroxyl groups is 1. The van der Waals surface area contributed by atoms with Crippen molar-refractivity contribution >= 4 is 0 Å². The smallest absolute Gasteiger partial charge is 0.336 e. The second kappa shape index (κ2) is 6.66. The first-order valence-corrected chi connectivity index (χ1v) is 8.06. The SMILES string of the molecule is Oc1cc(-n2ccnc2)ccc1-c1cnc(O[C@@H]2C[C@@H](F)C[C@H]2F)nn1. The summed E-state index contributed by atoms with van der Waals surface area (Å²) in [6, 6.07) is 4.91. The number of hydrogen-bond donors (Lipinski definition) is 1. The molecule has 1 fully saturated rings. The molecule has 3 aromatic rings. The van der Waals surface area contributed by atoms with E-state index in [9.17, 15) is 13.9 Å². The van der Waals surface area contributed by atoms with Crippen molar-refractivity contribution in [3.05, 3.63) is 43.1 Å². The zero-order valence-electron chi connectivity index (χ0n) is 13.5. The van der Waals surface area contributed by atoms with Crippen molar-refractivity contribution in [1.29, 1.82) is 0 Å². The van der Waals surface area contributed by atoms with Gasteiger partial charge in [-0.25, -0.2) is 18.7 Å². The lowest BCUT2D eigenvalue weighted by atomic mass is 10.1. The van der Waals surface area contributed by atoms with Crippen LogP contribution in [0.1, 0.15) is 12.8 Å². The molecule has 0 unspecified atom stereocenters. The highest BCUT2D eigenvalue weighted by Crippen LogP contribution is 2.30. The van der Waals surface area contributed by atoms with Crippen LogP contribution in [-0.2, 0) is 0 Å². The molecule has 0 amide bonds. The van der Waals surface area contributed by atoms with Crippen LogP contribution < -0.4 is 4.74 Å². The van der Waals surface area contributed by atoms with Crippen molar-refractivity contribution in [2.75, 3.05) is 0 Å². The van der Waals surface area contributed by atoms with Crippen LogP contribution in [0.25, 0.3) is 16.9 Å². The maximum Gasteiger partial charge on any atom is 0.336 e. The Morgan fingerprint density at radius 2 is 2.08 bits per heavy atom. The minimum absolute atomic E-state index is 0.000791. The number of phenolic OH excluding ortho intramolecular Hbond substituents is 1. The molecular formula is C17H15F2N5O2. The first kappa shape index (κ1) is 16.4. The Morgan fingerprint density at radius 3 is 2.69 bits per heavy atom. The second-order valence-electron chi connectivity index (χ2n) is 6.04. The molecule has 1 N–H and O–H groups in total. The van der Waals surface area contributed by atoms with Gasteiger partial charge in [-0.1, -0.05) is 5.10 Å². The Bertz CT molecular complexity index is 889. The van der Waals surface area contributed by atoms with Crippen LogP contribution in [0.3, 0.4) is 0 Å². The summed E-state index contributed by atoms with van der Waals surface area (Å²) < 4.78 is 33.8. The monoisotopic (exact) mass is 359 g/mol. The van der Waals surface area contributed by atoms with Gasteiger partial charge in [0, 0.05) is 36.9 Å². The molecular weight excluding hydrogens is 344 g/mol. The number of imidazole rings is 1. The third-order valence-electron chi connectivity index (χ3n) is 4.23. The summed E-state index contributed by atoms with van der Waals surface area (Å²) in [5, 5.41) is 18.0. The van der Waals surface area contributed by atoms with E-state index in [1.165, 1.54) is 6.20 Å². The van der Waals surface area contributed by atoms with Crippen molar-refractivity contribution in [3.8, 4) is 28.7 Å². The van der Waals surface area contributed by atoms with Crippen molar-refractivity contribution < 1.29 is 18.6 Å². The lowest BCUT2D eigenvalue weighted by Gasteiger charge is -2.13. The topological polar surface area (TPSA) is 86.0 Å². The Labute approximate surface area is 147 Å². The molecule has 3 atom stereocenters. The van der Waals surface area contributed by atoms with E-state index in [1.54, 1.807) is 41.5 Å². The third kappa shape index (κ3) is 3.19. The summed E-state index contributed by atoms with van der Waals surface area (Å²) in [6.45, 7) is 0. The summed E-state index contributed by atoms with van der Waals surface area (Å²) in [4.78, 5) is 7.94. The number of ether oxygens (including phenoxy) is 1. The molecule has 0 saturated heterocycles. The Hall–Kier alpha value is -3.10. The van der Waals surface area contributed by atoms with Crippen LogP contribution in [0, 0.1) is 0 Å². The van der Waals surface area contributed by atoms with E-state index in [0.29, 0.717) is 11.3 Å². The summed E-state index contributed by atoms with van der Waals surface area (Å²) in [7, 11) is 0. The summed E-state index contributed by atoms with van der Waals surface area (Å²) in [6.07, 6.45) is 2.67. The van der Waals surface area contributed by atoms with Gasteiger partial charge in [0.1, 0.15) is 29.9 Å². The molecule has 26 heavy (non-hydrogen) atoms. The van der Waals surface area contributed by atoms with Crippen LogP contribution in [0.4, 0.5) is 8.78 Å². The van der Waals surface area contributed by atoms with E-state index < -0.39 is 18.4 Å². The molecule has 2 heterocycles. The average Bonchev–Trinajstić information content (AvgIpc) is 3.26. The fraction of sp³-hybridized carbons (Fsp3) is 0.294. The number of benzene rings is 1. The van der Waals surface area contributed by atoms with Crippen LogP contribution in [0.15, 0.2) is 43.1 Å².